The van der Waals surface area contributed by atoms with Crippen molar-refractivity contribution in [1.82, 2.24) is 10.3 Å². The molecule has 0 saturated heterocycles. The van der Waals surface area contributed by atoms with Gasteiger partial charge in [0, 0.05) is 31.2 Å². The van der Waals surface area contributed by atoms with E-state index in [2.05, 4.69) is 48.7 Å². The Bertz CT molecular complexity index is 1590. The van der Waals surface area contributed by atoms with Crippen molar-refractivity contribution in [2.45, 2.75) is 57.7 Å². The summed E-state index contributed by atoms with van der Waals surface area (Å²) in [4.78, 5) is 10.5. The zero-order valence-electron chi connectivity index (χ0n) is 24.7. The number of aromatic nitrogens is 1. The van der Waals surface area contributed by atoms with Crippen molar-refractivity contribution in [1.29, 1.82) is 0 Å². The second kappa shape index (κ2) is 12.4. The highest BCUT2D eigenvalue weighted by Gasteiger charge is 2.43. The van der Waals surface area contributed by atoms with Crippen molar-refractivity contribution in [3.05, 3.63) is 125 Å². The normalized spacial score (nSPS) is 20.2. The third-order valence-electron chi connectivity index (χ3n) is 8.23. The summed E-state index contributed by atoms with van der Waals surface area (Å²) in [6, 6.07) is 17.2. The van der Waals surface area contributed by atoms with E-state index in [0.29, 0.717) is 34.8 Å². The van der Waals surface area contributed by atoms with Crippen LogP contribution in [0.1, 0.15) is 48.8 Å². The highest BCUT2D eigenvalue weighted by molar-refractivity contribution is 7.16. The Labute approximate surface area is 255 Å². The Kier molecular flexibility index (Phi) is 8.79. The van der Waals surface area contributed by atoms with Gasteiger partial charge in [-0.3, -0.25) is 4.99 Å². The van der Waals surface area contributed by atoms with Crippen LogP contribution in [0, 0.1) is 11.8 Å². The molecule has 0 radical (unpaired) electrons. The maximum atomic E-state index is 14.9. The number of aliphatic imine (C=N–C) groups is 1. The summed E-state index contributed by atoms with van der Waals surface area (Å²) in [6.45, 7) is 13.6. The van der Waals surface area contributed by atoms with E-state index in [-0.39, 0.29) is 0 Å². The lowest BCUT2D eigenvalue weighted by molar-refractivity contribution is -0.0215. The second-order valence-corrected chi connectivity index (χ2v) is 12.6. The summed E-state index contributed by atoms with van der Waals surface area (Å²) < 4.78 is 41.9. The number of hydrogen-bond donors (Lipinski definition) is 2. The van der Waals surface area contributed by atoms with E-state index >= 15 is 0 Å². The molecule has 4 nitrogen and oxygen atoms in total. The molecule has 0 amide bonds. The van der Waals surface area contributed by atoms with Crippen LogP contribution in [0.5, 0.6) is 0 Å². The van der Waals surface area contributed by atoms with Gasteiger partial charge in [0.25, 0.3) is 6.43 Å². The van der Waals surface area contributed by atoms with Crippen LogP contribution < -0.4 is 10.6 Å². The number of rotatable bonds is 13. The number of benzene rings is 2. The average molecular weight is 603 g/mol. The van der Waals surface area contributed by atoms with Crippen molar-refractivity contribution in [2.24, 2.45) is 16.8 Å². The van der Waals surface area contributed by atoms with E-state index in [9.17, 15) is 13.2 Å². The molecule has 1 aromatic heterocycles. The third kappa shape index (κ3) is 6.69. The lowest BCUT2D eigenvalue weighted by atomic mass is 9.78. The lowest BCUT2D eigenvalue weighted by Gasteiger charge is -2.38. The van der Waals surface area contributed by atoms with E-state index in [1.54, 1.807) is 24.4 Å². The van der Waals surface area contributed by atoms with Gasteiger partial charge in [0.2, 0.25) is 0 Å². The predicted molar refractivity (Wildman–Crippen MR) is 172 cm³/mol. The minimum absolute atomic E-state index is 0.335. The Morgan fingerprint density at radius 1 is 1.07 bits per heavy atom. The smallest absolute Gasteiger partial charge is 0.272 e. The fourth-order valence-corrected chi connectivity index (χ4v) is 6.38. The van der Waals surface area contributed by atoms with Gasteiger partial charge in [0.1, 0.15) is 5.54 Å². The van der Waals surface area contributed by atoms with Crippen LogP contribution in [0.25, 0.3) is 5.57 Å². The molecule has 2 aromatic carbocycles. The molecule has 1 fully saturated rings. The van der Waals surface area contributed by atoms with Crippen molar-refractivity contribution in [3.63, 3.8) is 0 Å². The third-order valence-corrected chi connectivity index (χ3v) is 9.25. The molecule has 8 heteroatoms. The summed E-state index contributed by atoms with van der Waals surface area (Å²) in [5.41, 5.74) is 1.61. The van der Waals surface area contributed by atoms with Crippen molar-refractivity contribution in [2.75, 3.05) is 5.32 Å². The van der Waals surface area contributed by atoms with Crippen molar-refractivity contribution >= 4 is 27.8 Å². The molecule has 0 bridgehead atoms. The van der Waals surface area contributed by atoms with Gasteiger partial charge in [-0.05, 0) is 53.2 Å². The fraction of sp³-hybridized carbons (Fsp3) is 0.314. The number of nitrogens with zero attached hydrogens (tertiary/aromatic N) is 2. The minimum atomic E-state index is -3.10. The predicted octanol–water partition coefficient (Wildman–Crippen LogP) is 8.87. The number of nitrogens with one attached hydrogen (secondary N) is 2. The standard InChI is InChI=1S/C35H37F3N4S/c1-6-22(2)30-21-40-33(43-30)41-24(4)42-35(19-25-11-8-7-9-12-25,31-16-15-28-23(3)29(28)20-39-31)27-14-10-13-26(17-27)18-34(5,38)32(36)37/h7-17,20-21,23,28,32,42H,2,4,6,18-19H2,1,3,5H3,(H,40,41)/t23-,28?,34?,35?/m0/s1. The number of thiazole rings is 1. The van der Waals surface area contributed by atoms with Gasteiger partial charge in [-0.2, -0.15) is 0 Å². The first kappa shape index (κ1) is 30.5. The van der Waals surface area contributed by atoms with E-state index in [1.807, 2.05) is 48.7 Å². The molecule has 0 spiro atoms. The molecule has 3 aromatic rings. The fourth-order valence-electron chi connectivity index (χ4n) is 5.50. The van der Waals surface area contributed by atoms with Crippen LogP contribution in [-0.2, 0) is 18.4 Å². The number of allylic oxidation sites excluding steroid dienone is 3. The van der Waals surface area contributed by atoms with Crippen molar-refractivity contribution < 1.29 is 13.2 Å². The number of hydrogen-bond acceptors (Lipinski definition) is 5. The van der Waals surface area contributed by atoms with Gasteiger partial charge in [-0.15, -0.1) is 0 Å². The topological polar surface area (TPSA) is 49.3 Å². The molecule has 4 atom stereocenters. The van der Waals surface area contributed by atoms with Crippen LogP contribution in [0.4, 0.5) is 18.3 Å². The Morgan fingerprint density at radius 3 is 2.53 bits per heavy atom. The van der Waals surface area contributed by atoms with Crippen molar-refractivity contribution in [3.8, 4) is 0 Å². The number of anilines is 1. The first-order chi connectivity index (χ1) is 20.5. The quantitative estimate of drug-likeness (QED) is 0.205. The molecule has 3 unspecified atom stereocenters. The highest BCUT2D eigenvalue weighted by Crippen LogP contribution is 2.48. The van der Waals surface area contributed by atoms with Crippen LogP contribution >= 0.6 is 11.3 Å². The molecule has 43 heavy (non-hydrogen) atoms. The van der Waals surface area contributed by atoms with Gasteiger partial charge < -0.3 is 10.6 Å². The summed E-state index contributed by atoms with van der Waals surface area (Å²) >= 11 is 1.49. The zero-order chi connectivity index (χ0) is 30.8. The van der Waals surface area contributed by atoms with Gasteiger partial charge in [0.15, 0.2) is 10.8 Å². The molecule has 1 saturated carbocycles. The molecule has 224 valence electrons. The highest BCUT2D eigenvalue weighted by atomic mass is 32.1. The second-order valence-electron chi connectivity index (χ2n) is 11.6. The minimum Gasteiger partial charge on any atom is -0.357 e. The number of alkyl halides is 3. The molecule has 1 aliphatic heterocycles. The molecular weight excluding hydrogens is 565 g/mol. The first-order valence-corrected chi connectivity index (χ1v) is 15.3. The number of fused-ring (bicyclic) bond motifs is 1. The maximum absolute atomic E-state index is 14.9. The molecular formula is C35H37F3N4S. The average Bonchev–Trinajstić information content (AvgIpc) is 3.46. The van der Waals surface area contributed by atoms with E-state index in [4.69, 9.17) is 4.99 Å². The summed E-state index contributed by atoms with van der Waals surface area (Å²) in [6.07, 6.45) is 5.70. The van der Waals surface area contributed by atoms with E-state index in [0.717, 1.165) is 40.6 Å². The molecule has 2 N–H and O–H groups in total. The molecule has 5 rings (SSSR count). The van der Waals surface area contributed by atoms with Gasteiger partial charge in [-0.1, -0.05) is 99.0 Å². The van der Waals surface area contributed by atoms with Gasteiger partial charge >= 0.3 is 0 Å². The molecule has 1 aliphatic carbocycles. The van der Waals surface area contributed by atoms with E-state index in [1.165, 1.54) is 16.9 Å². The molecule has 2 aliphatic rings. The van der Waals surface area contributed by atoms with Gasteiger partial charge in [-0.25, -0.2) is 18.2 Å². The van der Waals surface area contributed by atoms with Crippen LogP contribution in [0.15, 0.2) is 109 Å². The van der Waals surface area contributed by atoms with E-state index < -0.39 is 24.1 Å². The summed E-state index contributed by atoms with van der Waals surface area (Å²) in [5, 5.41) is 7.60. The van der Waals surface area contributed by atoms with Crippen LogP contribution in [-0.4, -0.2) is 22.8 Å². The first-order valence-electron chi connectivity index (χ1n) is 14.5. The monoisotopic (exact) mass is 602 g/mol. The zero-order valence-corrected chi connectivity index (χ0v) is 25.5. The number of halogens is 3. The van der Waals surface area contributed by atoms with Gasteiger partial charge in [0.05, 0.1) is 16.4 Å². The summed E-state index contributed by atoms with van der Waals surface area (Å²) in [7, 11) is 0. The van der Waals surface area contributed by atoms with Crippen LogP contribution in [0.3, 0.4) is 0 Å². The van der Waals surface area contributed by atoms with Crippen LogP contribution in [0.2, 0.25) is 0 Å². The summed E-state index contributed by atoms with van der Waals surface area (Å²) in [5.74, 6) is 1.27. The lowest BCUT2D eigenvalue weighted by Crippen LogP contribution is -2.51. The Hall–Kier alpha value is -3.91. The molecule has 2 heterocycles. The Morgan fingerprint density at radius 2 is 1.81 bits per heavy atom. The SMILES string of the molecule is C=C(Nc1ncc(C(=C)CC)s1)NC(Cc1ccccc1)(C1=NC=C2C(C=C1)[C@@H]2C)c1cccc(CC(C)(F)C(F)F)c1. The Balaban J connectivity index is 1.60. The maximum Gasteiger partial charge on any atom is 0.272 e. The largest absolute Gasteiger partial charge is 0.357 e.